The van der Waals surface area contributed by atoms with Crippen molar-refractivity contribution in [1.29, 1.82) is 0 Å². The minimum atomic E-state index is -0.808. The first kappa shape index (κ1) is 15.0. The van der Waals surface area contributed by atoms with Gasteiger partial charge in [0.25, 0.3) is 0 Å². The molecule has 0 aromatic heterocycles. The van der Waals surface area contributed by atoms with E-state index < -0.39 is 5.41 Å². The Morgan fingerprint density at radius 3 is 2.65 bits per heavy atom. The van der Waals surface area contributed by atoms with E-state index in [1.165, 1.54) is 7.11 Å². The van der Waals surface area contributed by atoms with Gasteiger partial charge in [-0.15, -0.1) is 0 Å². The summed E-state index contributed by atoms with van der Waals surface area (Å²) in [6.07, 6.45) is 2.68. The lowest BCUT2D eigenvalue weighted by Crippen LogP contribution is -2.46. The summed E-state index contributed by atoms with van der Waals surface area (Å²) in [6, 6.07) is 7.93. The number of hydrogen-bond acceptors (Lipinski definition) is 4. The fourth-order valence-electron chi connectivity index (χ4n) is 2.87. The topological polar surface area (TPSA) is 61.5 Å². The molecule has 2 rings (SSSR count). The second-order valence-electron chi connectivity index (χ2n) is 5.48. The highest BCUT2D eigenvalue weighted by Gasteiger charge is 2.43. The molecule has 1 heterocycles. The first-order valence-corrected chi connectivity index (χ1v) is 7.09. The van der Waals surface area contributed by atoms with E-state index in [4.69, 9.17) is 15.2 Å². The van der Waals surface area contributed by atoms with Crippen LogP contribution in [-0.4, -0.2) is 32.3 Å². The molecule has 1 aromatic carbocycles. The number of rotatable bonds is 5. The lowest BCUT2D eigenvalue weighted by atomic mass is 9.75. The number of methoxy groups -OCH3 is 1. The molecule has 1 aliphatic heterocycles. The summed E-state index contributed by atoms with van der Waals surface area (Å²) in [5.41, 5.74) is 7.23. The first-order valence-electron chi connectivity index (χ1n) is 7.09. The second kappa shape index (κ2) is 6.37. The number of benzene rings is 1. The van der Waals surface area contributed by atoms with Gasteiger partial charge in [0.1, 0.15) is 5.41 Å². The first-order chi connectivity index (χ1) is 9.62. The second-order valence-corrected chi connectivity index (χ2v) is 5.48. The highest BCUT2D eigenvalue weighted by molar-refractivity contribution is 5.83. The SMILES string of the molecule is COC(=O)C(CN)(CC1CCCO1)c1ccc(C)cc1. The van der Waals surface area contributed by atoms with Crippen molar-refractivity contribution in [1.82, 2.24) is 0 Å². The van der Waals surface area contributed by atoms with Crippen molar-refractivity contribution >= 4 is 5.97 Å². The predicted octanol–water partition coefficient (Wildman–Crippen LogP) is 1.93. The van der Waals surface area contributed by atoms with E-state index in [0.717, 1.165) is 30.6 Å². The summed E-state index contributed by atoms with van der Waals surface area (Å²) < 4.78 is 10.7. The molecule has 20 heavy (non-hydrogen) atoms. The van der Waals surface area contributed by atoms with Gasteiger partial charge < -0.3 is 15.2 Å². The molecule has 4 heteroatoms. The molecule has 2 unspecified atom stereocenters. The summed E-state index contributed by atoms with van der Waals surface area (Å²) >= 11 is 0. The Morgan fingerprint density at radius 1 is 1.45 bits per heavy atom. The minimum Gasteiger partial charge on any atom is -0.468 e. The van der Waals surface area contributed by atoms with Crippen LogP contribution in [0.25, 0.3) is 0 Å². The number of esters is 1. The number of hydrogen-bond donors (Lipinski definition) is 1. The van der Waals surface area contributed by atoms with Crippen molar-refractivity contribution in [2.45, 2.75) is 37.7 Å². The number of carbonyl (C=O) groups excluding carboxylic acids is 1. The molecule has 0 bridgehead atoms. The van der Waals surface area contributed by atoms with E-state index in [0.29, 0.717) is 6.42 Å². The van der Waals surface area contributed by atoms with Crippen molar-refractivity contribution in [3.63, 3.8) is 0 Å². The van der Waals surface area contributed by atoms with Crippen molar-refractivity contribution in [2.75, 3.05) is 20.3 Å². The molecule has 110 valence electrons. The zero-order chi connectivity index (χ0) is 14.6. The van der Waals surface area contributed by atoms with Gasteiger partial charge >= 0.3 is 5.97 Å². The Labute approximate surface area is 120 Å². The van der Waals surface area contributed by atoms with Gasteiger partial charge in [0, 0.05) is 13.2 Å². The smallest absolute Gasteiger partial charge is 0.317 e. The third kappa shape index (κ3) is 2.86. The van der Waals surface area contributed by atoms with Gasteiger partial charge in [-0.2, -0.15) is 0 Å². The largest absolute Gasteiger partial charge is 0.468 e. The standard InChI is InChI=1S/C16H23NO3/c1-12-5-7-13(8-6-12)16(11-17,15(18)19-2)10-14-4-3-9-20-14/h5-8,14H,3-4,9-11,17H2,1-2H3. The highest BCUT2D eigenvalue weighted by Crippen LogP contribution is 2.34. The minimum absolute atomic E-state index is 0.0824. The maximum absolute atomic E-state index is 12.4. The van der Waals surface area contributed by atoms with Gasteiger partial charge in [-0.3, -0.25) is 4.79 Å². The van der Waals surface area contributed by atoms with Crippen molar-refractivity contribution < 1.29 is 14.3 Å². The molecule has 1 saturated heterocycles. The average molecular weight is 277 g/mol. The third-order valence-corrected chi connectivity index (χ3v) is 4.13. The van der Waals surface area contributed by atoms with E-state index in [1.54, 1.807) is 0 Å². The number of nitrogens with two attached hydrogens (primary N) is 1. The quantitative estimate of drug-likeness (QED) is 0.835. The van der Waals surface area contributed by atoms with E-state index in [-0.39, 0.29) is 18.6 Å². The van der Waals surface area contributed by atoms with Crippen LogP contribution in [0.3, 0.4) is 0 Å². The lowest BCUT2D eigenvalue weighted by molar-refractivity contribution is -0.148. The number of carbonyl (C=O) groups is 1. The van der Waals surface area contributed by atoms with Gasteiger partial charge in [-0.05, 0) is 31.7 Å². The molecule has 0 spiro atoms. The molecule has 0 saturated carbocycles. The van der Waals surface area contributed by atoms with E-state index in [2.05, 4.69) is 0 Å². The van der Waals surface area contributed by atoms with Crippen LogP contribution in [0.4, 0.5) is 0 Å². The van der Waals surface area contributed by atoms with E-state index >= 15 is 0 Å². The van der Waals surface area contributed by atoms with Crippen LogP contribution in [0.15, 0.2) is 24.3 Å². The molecule has 2 atom stereocenters. The summed E-state index contributed by atoms with van der Waals surface area (Å²) in [5.74, 6) is -0.278. The van der Waals surface area contributed by atoms with Gasteiger partial charge in [0.15, 0.2) is 0 Å². The summed E-state index contributed by atoms with van der Waals surface area (Å²) in [7, 11) is 1.41. The number of aryl methyl sites for hydroxylation is 1. The van der Waals surface area contributed by atoms with Crippen LogP contribution < -0.4 is 5.73 Å². The van der Waals surface area contributed by atoms with Gasteiger partial charge in [-0.25, -0.2) is 0 Å². The Balaban J connectivity index is 2.35. The van der Waals surface area contributed by atoms with Crippen LogP contribution >= 0.6 is 0 Å². The lowest BCUT2D eigenvalue weighted by Gasteiger charge is -2.32. The zero-order valence-corrected chi connectivity index (χ0v) is 12.2. The molecular formula is C16H23NO3. The van der Waals surface area contributed by atoms with Crippen molar-refractivity contribution in [3.8, 4) is 0 Å². The van der Waals surface area contributed by atoms with E-state index in [9.17, 15) is 4.79 Å². The molecule has 0 radical (unpaired) electrons. The molecule has 4 nitrogen and oxygen atoms in total. The van der Waals surface area contributed by atoms with Crippen LogP contribution in [-0.2, 0) is 19.7 Å². The Kier molecular flexibility index (Phi) is 4.78. The van der Waals surface area contributed by atoms with Crippen LogP contribution in [0.2, 0.25) is 0 Å². The fraction of sp³-hybridized carbons (Fsp3) is 0.562. The monoisotopic (exact) mass is 277 g/mol. The maximum Gasteiger partial charge on any atom is 0.317 e. The summed E-state index contributed by atoms with van der Waals surface area (Å²) in [4.78, 5) is 12.4. The van der Waals surface area contributed by atoms with Crippen LogP contribution in [0, 0.1) is 6.92 Å². The van der Waals surface area contributed by atoms with Crippen LogP contribution in [0.5, 0.6) is 0 Å². The van der Waals surface area contributed by atoms with Gasteiger partial charge in [0.05, 0.1) is 13.2 Å². The Bertz CT molecular complexity index is 451. The molecule has 1 aliphatic rings. The molecule has 0 amide bonds. The van der Waals surface area contributed by atoms with Crippen LogP contribution in [0.1, 0.15) is 30.4 Å². The van der Waals surface area contributed by atoms with Gasteiger partial charge in [-0.1, -0.05) is 29.8 Å². The predicted molar refractivity (Wildman–Crippen MR) is 77.5 cm³/mol. The molecule has 0 aliphatic carbocycles. The molecular weight excluding hydrogens is 254 g/mol. The normalized spacial score (nSPS) is 21.4. The summed E-state index contributed by atoms with van der Waals surface area (Å²) in [6.45, 7) is 3.01. The number of ether oxygens (including phenoxy) is 2. The van der Waals surface area contributed by atoms with E-state index in [1.807, 2.05) is 31.2 Å². The highest BCUT2D eigenvalue weighted by atomic mass is 16.5. The molecule has 1 fully saturated rings. The van der Waals surface area contributed by atoms with Crippen molar-refractivity contribution in [2.24, 2.45) is 5.73 Å². The van der Waals surface area contributed by atoms with Gasteiger partial charge in [0.2, 0.25) is 0 Å². The Hall–Kier alpha value is -1.39. The zero-order valence-electron chi connectivity index (χ0n) is 12.2. The van der Waals surface area contributed by atoms with Crippen molar-refractivity contribution in [3.05, 3.63) is 35.4 Å². The fourth-order valence-corrected chi connectivity index (χ4v) is 2.87. The molecule has 1 aromatic rings. The Morgan fingerprint density at radius 2 is 2.15 bits per heavy atom. The molecule has 2 N–H and O–H groups in total. The third-order valence-electron chi connectivity index (χ3n) is 4.13. The average Bonchev–Trinajstić information content (AvgIpc) is 2.98. The summed E-state index contributed by atoms with van der Waals surface area (Å²) in [5, 5.41) is 0. The maximum atomic E-state index is 12.4.